The summed E-state index contributed by atoms with van der Waals surface area (Å²) in [7, 11) is 0. The molecule has 1 heterocycles. The van der Waals surface area contributed by atoms with Crippen LogP contribution >= 0.6 is 0 Å². The lowest BCUT2D eigenvalue weighted by molar-refractivity contribution is -0.237. The molecule has 0 aliphatic carbocycles. The van der Waals surface area contributed by atoms with E-state index >= 15 is 0 Å². The van der Waals surface area contributed by atoms with E-state index in [1.165, 1.54) is 0 Å². The van der Waals surface area contributed by atoms with E-state index in [-0.39, 0.29) is 6.61 Å². The maximum absolute atomic E-state index is 12.1. The van der Waals surface area contributed by atoms with Crippen LogP contribution < -0.4 is 11.1 Å². The number of hydroxylamine groups is 2. The zero-order valence-corrected chi connectivity index (χ0v) is 13.8. The maximum atomic E-state index is 12.1. The van der Waals surface area contributed by atoms with Crippen LogP contribution in [0.3, 0.4) is 0 Å². The predicted octanol–water partition coefficient (Wildman–Crippen LogP) is 0.708. The number of hydrogen-bond acceptors (Lipinski definition) is 5. The van der Waals surface area contributed by atoms with Crippen LogP contribution in [0.2, 0.25) is 0 Å². The number of carbonyl (C=O) groups excluding carboxylic acids is 3. The Kier molecular flexibility index (Phi) is 5.08. The average Bonchev–Trinajstić information content (AvgIpc) is 2.48. The van der Waals surface area contributed by atoms with E-state index in [0.717, 1.165) is 10.6 Å². The Labute approximate surface area is 139 Å². The van der Waals surface area contributed by atoms with Crippen LogP contribution in [-0.2, 0) is 25.8 Å². The highest BCUT2D eigenvalue weighted by atomic mass is 16.7. The van der Waals surface area contributed by atoms with Crippen molar-refractivity contribution in [2.24, 2.45) is 5.73 Å². The number of alkyl carbamates (subject to hydrolysis) is 1. The third kappa shape index (κ3) is 4.23. The Morgan fingerprint density at radius 3 is 2.42 bits per heavy atom. The van der Waals surface area contributed by atoms with E-state index in [0.29, 0.717) is 0 Å². The van der Waals surface area contributed by atoms with Gasteiger partial charge in [-0.3, -0.25) is 14.4 Å². The van der Waals surface area contributed by atoms with Crippen molar-refractivity contribution in [1.29, 1.82) is 0 Å². The van der Waals surface area contributed by atoms with E-state index in [2.05, 4.69) is 5.32 Å². The number of β-lactam (4-membered cyclic amide) rings is 1. The number of primary amides is 1. The Bertz CT molecular complexity index is 626. The molecular weight excluding hydrogens is 314 g/mol. The number of amides is 3. The molecule has 3 amide bonds. The second-order valence-corrected chi connectivity index (χ2v) is 6.39. The van der Waals surface area contributed by atoms with E-state index in [9.17, 15) is 14.4 Å². The van der Waals surface area contributed by atoms with Crippen molar-refractivity contribution in [3.63, 3.8) is 0 Å². The molecule has 1 aromatic carbocycles. The second-order valence-electron chi connectivity index (χ2n) is 6.39. The molecule has 24 heavy (non-hydrogen) atoms. The number of benzene rings is 1. The Balaban J connectivity index is 1.96. The molecule has 8 heteroatoms. The van der Waals surface area contributed by atoms with Crippen LogP contribution in [0.5, 0.6) is 0 Å². The summed E-state index contributed by atoms with van der Waals surface area (Å²) in [5, 5.41) is 3.24. The molecule has 0 spiro atoms. The van der Waals surface area contributed by atoms with Gasteiger partial charge in [0.05, 0.1) is 0 Å². The minimum Gasteiger partial charge on any atom is -0.444 e. The smallest absolute Gasteiger partial charge is 0.408 e. The van der Waals surface area contributed by atoms with Gasteiger partial charge in [-0.05, 0) is 26.3 Å². The Morgan fingerprint density at radius 2 is 1.88 bits per heavy atom. The number of nitrogens with zero attached hydrogens (tertiary/aromatic N) is 1. The monoisotopic (exact) mass is 335 g/mol. The summed E-state index contributed by atoms with van der Waals surface area (Å²) < 4.78 is 5.07. The summed E-state index contributed by atoms with van der Waals surface area (Å²) in [6.07, 6.45) is -0.796. The van der Waals surface area contributed by atoms with Gasteiger partial charge in [-0.2, -0.15) is 0 Å². The molecule has 8 nitrogen and oxygen atoms in total. The van der Waals surface area contributed by atoms with Crippen LogP contribution in [-0.4, -0.2) is 40.7 Å². The predicted molar refractivity (Wildman–Crippen MR) is 84.2 cm³/mol. The van der Waals surface area contributed by atoms with Crippen molar-refractivity contribution in [2.45, 2.75) is 45.1 Å². The van der Waals surface area contributed by atoms with Crippen molar-refractivity contribution in [3.8, 4) is 0 Å². The molecule has 0 radical (unpaired) electrons. The summed E-state index contributed by atoms with van der Waals surface area (Å²) in [6, 6.07) is 6.98. The molecular formula is C16H21N3O5. The maximum Gasteiger partial charge on any atom is 0.408 e. The molecule has 130 valence electrons. The first-order chi connectivity index (χ1) is 11.2. The van der Waals surface area contributed by atoms with Gasteiger partial charge in [0.1, 0.15) is 18.2 Å². The summed E-state index contributed by atoms with van der Waals surface area (Å²) in [4.78, 5) is 40.8. The SMILES string of the molecule is CC(C)(C)OC(=O)N[C@@H]1C(=O)N(OCc2ccccc2)[C@H]1C(N)=O. The molecule has 1 fully saturated rings. The van der Waals surface area contributed by atoms with Gasteiger partial charge in [-0.25, -0.2) is 9.86 Å². The molecule has 1 saturated heterocycles. The molecule has 3 N–H and O–H groups in total. The van der Waals surface area contributed by atoms with Crippen LogP contribution in [0.25, 0.3) is 0 Å². The fraction of sp³-hybridized carbons (Fsp3) is 0.438. The normalized spacial score (nSPS) is 20.3. The number of nitrogens with two attached hydrogens (primary N) is 1. The third-order valence-corrected chi connectivity index (χ3v) is 3.23. The Morgan fingerprint density at radius 1 is 1.25 bits per heavy atom. The third-order valence-electron chi connectivity index (χ3n) is 3.23. The fourth-order valence-corrected chi connectivity index (χ4v) is 2.18. The summed E-state index contributed by atoms with van der Waals surface area (Å²) >= 11 is 0. The highest BCUT2D eigenvalue weighted by Gasteiger charge is 2.53. The zero-order valence-electron chi connectivity index (χ0n) is 13.8. The van der Waals surface area contributed by atoms with Crippen LogP contribution in [0.1, 0.15) is 26.3 Å². The van der Waals surface area contributed by atoms with E-state index in [4.69, 9.17) is 15.3 Å². The second kappa shape index (κ2) is 6.88. The molecule has 1 aliphatic rings. The first kappa shape index (κ1) is 17.7. The molecule has 1 aliphatic heterocycles. The first-order valence-electron chi connectivity index (χ1n) is 7.48. The topological polar surface area (TPSA) is 111 Å². The minimum absolute atomic E-state index is 0.107. The molecule has 0 bridgehead atoms. The van der Waals surface area contributed by atoms with Gasteiger partial charge in [0, 0.05) is 0 Å². The van der Waals surface area contributed by atoms with Gasteiger partial charge in [0.15, 0.2) is 6.04 Å². The standard InChI is InChI=1S/C16H21N3O5/c1-16(2,3)24-15(22)18-11-12(13(17)20)19(14(11)21)23-9-10-7-5-4-6-8-10/h4-8,11-12H,9H2,1-3H3,(H2,17,20)(H,18,22)/t11-,12+/m0/s1. The summed E-state index contributed by atoms with van der Waals surface area (Å²) in [6.45, 7) is 5.18. The lowest BCUT2D eigenvalue weighted by atomic mass is 9.98. The minimum atomic E-state index is -1.09. The van der Waals surface area contributed by atoms with Crippen LogP contribution in [0.15, 0.2) is 30.3 Å². The van der Waals surface area contributed by atoms with E-state index in [1.54, 1.807) is 20.8 Å². The molecule has 0 saturated carbocycles. The van der Waals surface area contributed by atoms with Crippen molar-refractivity contribution >= 4 is 17.9 Å². The largest absolute Gasteiger partial charge is 0.444 e. The highest BCUT2D eigenvalue weighted by Crippen LogP contribution is 2.22. The number of hydrogen-bond donors (Lipinski definition) is 2. The Hall–Kier alpha value is -2.61. The molecule has 2 atom stereocenters. The summed E-state index contributed by atoms with van der Waals surface area (Å²) in [5.41, 5.74) is 5.42. The number of nitrogens with one attached hydrogen (secondary N) is 1. The molecule has 1 aromatic rings. The molecule has 2 rings (SSSR count). The van der Waals surface area contributed by atoms with Crippen molar-refractivity contribution in [3.05, 3.63) is 35.9 Å². The highest BCUT2D eigenvalue weighted by molar-refractivity contribution is 6.01. The van der Waals surface area contributed by atoms with Gasteiger partial charge in [-0.1, -0.05) is 30.3 Å². The summed E-state index contributed by atoms with van der Waals surface area (Å²) in [5.74, 6) is -1.33. The van der Waals surface area contributed by atoms with Crippen molar-refractivity contribution in [2.75, 3.05) is 0 Å². The lowest BCUT2D eigenvalue weighted by Crippen LogP contribution is -2.74. The zero-order chi connectivity index (χ0) is 17.9. The van der Waals surface area contributed by atoms with E-state index in [1.807, 2.05) is 30.3 Å². The van der Waals surface area contributed by atoms with Crippen molar-refractivity contribution < 1.29 is 24.0 Å². The first-order valence-corrected chi connectivity index (χ1v) is 7.48. The molecule has 0 aromatic heterocycles. The van der Waals surface area contributed by atoms with Gasteiger partial charge >= 0.3 is 6.09 Å². The number of ether oxygens (including phenoxy) is 1. The van der Waals surface area contributed by atoms with Gasteiger partial charge in [0.25, 0.3) is 5.91 Å². The molecule has 0 unspecified atom stereocenters. The average molecular weight is 335 g/mol. The van der Waals surface area contributed by atoms with Gasteiger partial charge in [0.2, 0.25) is 5.91 Å². The van der Waals surface area contributed by atoms with Gasteiger partial charge in [-0.15, -0.1) is 0 Å². The number of rotatable bonds is 5. The van der Waals surface area contributed by atoms with Crippen molar-refractivity contribution in [1.82, 2.24) is 10.4 Å². The van der Waals surface area contributed by atoms with Crippen LogP contribution in [0, 0.1) is 0 Å². The van der Waals surface area contributed by atoms with E-state index < -0.39 is 35.6 Å². The lowest BCUT2D eigenvalue weighted by Gasteiger charge is -2.43. The van der Waals surface area contributed by atoms with Gasteiger partial charge < -0.3 is 15.8 Å². The fourth-order valence-electron chi connectivity index (χ4n) is 2.18. The number of carbonyl (C=O) groups is 3. The van der Waals surface area contributed by atoms with Crippen LogP contribution in [0.4, 0.5) is 4.79 Å². The quantitative estimate of drug-likeness (QED) is 0.770.